The molecule has 0 amide bonds. The maximum Gasteiger partial charge on any atom is 0.213 e. The van der Waals surface area contributed by atoms with Gasteiger partial charge in [-0.2, -0.15) is 0 Å². The van der Waals surface area contributed by atoms with Crippen molar-refractivity contribution in [2.75, 3.05) is 0 Å². The fourth-order valence-corrected chi connectivity index (χ4v) is 17.7. The maximum absolute atomic E-state index is 9.05. The van der Waals surface area contributed by atoms with Crippen LogP contribution in [0.4, 0.5) is 0 Å². The van der Waals surface area contributed by atoms with Gasteiger partial charge < -0.3 is 0 Å². The molecular weight excluding hydrogens is 1600 g/mol. The van der Waals surface area contributed by atoms with Crippen LogP contribution in [0.15, 0.2) is 322 Å². The molecule has 672 valence electrons. The maximum atomic E-state index is 9.05. The van der Waals surface area contributed by atoms with Gasteiger partial charge in [0.1, 0.15) is 35.2 Å². The first-order valence-corrected chi connectivity index (χ1v) is 45.4. The van der Waals surface area contributed by atoms with E-state index in [2.05, 4.69) is 83.9 Å². The van der Waals surface area contributed by atoms with Crippen molar-refractivity contribution in [3.8, 4) is 123 Å². The molecule has 0 spiro atoms. The van der Waals surface area contributed by atoms with Crippen molar-refractivity contribution in [2.24, 2.45) is 46.1 Å². The minimum Gasteiger partial charge on any atom is -0.201 e. The molecule has 0 aliphatic heterocycles. The minimum absolute atomic E-state index is 0.0229. The highest BCUT2D eigenvalue weighted by molar-refractivity contribution is 5.84. The molecule has 1 aliphatic rings. The predicted octanol–water partition coefficient (Wildman–Crippen LogP) is 30.9. The Bertz CT molecular complexity index is 7950. The van der Waals surface area contributed by atoms with Crippen LogP contribution in [0.25, 0.3) is 123 Å². The summed E-state index contributed by atoms with van der Waals surface area (Å²) < 4.78 is 229. The summed E-state index contributed by atoms with van der Waals surface area (Å²) in [5.41, 5.74) is 26.7. The zero-order valence-corrected chi connectivity index (χ0v) is 79.9. The van der Waals surface area contributed by atoms with Gasteiger partial charge in [0.15, 0.2) is 31.0 Å². The molecular formula is C127H144N5+5. The number of hydrogen-bond acceptors (Lipinski definition) is 0. The molecule has 17 rings (SSSR count). The average Bonchev–Trinajstić information content (AvgIpc) is 0.738. The van der Waals surface area contributed by atoms with Crippen LogP contribution in [0.3, 0.4) is 0 Å². The smallest absolute Gasteiger partial charge is 0.201 e. The van der Waals surface area contributed by atoms with Crippen LogP contribution in [0.5, 0.6) is 0 Å². The highest BCUT2D eigenvalue weighted by atomic mass is 14.9. The van der Waals surface area contributed by atoms with Gasteiger partial charge in [-0.05, 0) is 306 Å². The molecule has 0 bridgehead atoms. The molecule has 5 heterocycles. The van der Waals surface area contributed by atoms with Gasteiger partial charge in [-0.15, -0.1) is 0 Å². The Labute approximate surface area is 831 Å². The molecule has 0 atom stereocenters. The molecule has 0 N–H and O–H groups in total. The summed E-state index contributed by atoms with van der Waals surface area (Å²) in [5, 5.41) is 0. The number of benzene rings is 11. The van der Waals surface area contributed by atoms with E-state index in [9.17, 15) is 0 Å². The second-order valence-electron chi connectivity index (χ2n) is 36.8. The highest BCUT2D eigenvalue weighted by Gasteiger charge is 2.27. The molecule has 1 saturated carbocycles. The quantitative estimate of drug-likeness (QED) is 0.0912. The summed E-state index contributed by atoms with van der Waals surface area (Å²) in [4.78, 5) is 0. The molecule has 1 fully saturated rings. The van der Waals surface area contributed by atoms with E-state index < -0.39 is 83.3 Å². The second-order valence-corrected chi connectivity index (χ2v) is 36.8. The third kappa shape index (κ3) is 23.2. The van der Waals surface area contributed by atoms with E-state index in [1.165, 1.54) is 18.2 Å². The van der Waals surface area contributed by atoms with Crippen molar-refractivity contribution >= 4 is 0 Å². The van der Waals surface area contributed by atoms with Crippen LogP contribution in [-0.2, 0) is 48.0 Å². The first kappa shape index (κ1) is 66.5. The van der Waals surface area contributed by atoms with Gasteiger partial charge in [-0.25, -0.2) is 22.8 Å². The predicted molar refractivity (Wildman–Crippen MR) is 561 cm³/mol. The van der Waals surface area contributed by atoms with Crippen molar-refractivity contribution in [3.63, 3.8) is 0 Å². The van der Waals surface area contributed by atoms with Gasteiger partial charge in [0.2, 0.25) is 28.5 Å². The minimum atomic E-state index is -2.49. The van der Waals surface area contributed by atoms with Crippen LogP contribution < -0.4 is 22.8 Å². The number of rotatable bonds is 15. The second kappa shape index (κ2) is 43.0. The molecule has 5 aromatic heterocycles. The summed E-state index contributed by atoms with van der Waals surface area (Å²) in [6.45, 7) is 8.40. The largest absolute Gasteiger partial charge is 0.213 e. The number of pyridine rings is 5. The van der Waals surface area contributed by atoms with Crippen molar-refractivity contribution in [1.82, 2.24) is 0 Å². The van der Waals surface area contributed by atoms with Gasteiger partial charge in [0.25, 0.3) is 0 Å². The molecule has 0 saturated heterocycles. The molecule has 0 radical (unpaired) electrons. The lowest BCUT2D eigenvalue weighted by atomic mass is 9.83. The summed E-state index contributed by atoms with van der Waals surface area (Å²) >= 11 is 0. The van der Waals surface area contributed by atoms with Gasteiger partial charge in [-0.1, -0.05) is 287 Å². The Morgan fingerprint density at radius 3 is 0.985 bits per heavy atom. The first-order valence-electron chi connectivity index (χ1n) is 58.9. The zero-order valence-electron chi connectivity index (χ0n) is 107. The number of aryl methyl sites for hydroxylation is 12. The van der Waals surface area contributed by atoms with Crippen LogP contribution in [-0.4, -0.2) is 0 Å². The third-order valence-electron chi connectivity index (χ3n) is 24.7. The van der Waals surface area contributed by atoms with Crippen LogP contribution >= 0.6 is 0 Å². The van der Waals surface area contributed by atoms with Crippen molar-refractivity contribution in [2.45, 2.75) is 195 Å². The van der Waals surface area contributed by atoms with Crippen molar-refractivity contribution in [3.05, 3.63) is 411 Å². The molecule has 1 aliphatic carbocycles. The fourth-order valence-electron chi connectivity index (χ4n) is 17.7. The van der Waals surface area contributed by atoms with Gasteiger partial charge in [0, 0.05) is 124 Å². The van der Waals surface area contributed by atoms with Crippen LogP contribution in [0, 0.1) is 93.4 Å². The molecule has 5 heteroatoms. The topological polar surface area (TPSA) is 19.4 Å². The Morgan fingerprint density at radius 1 is 0.303 bits per heavy atom. The van der Waals surface area contributed by atoms with Crippen LogP contribution in [0.1, 0.15) is 225 Å². The molecule has 16 aromatic rings. The third-order valence-corrected chi connectivity index (χ3v) is 24.7. The summed E-state index contributed by atoms with van der Waals surface area (Å²) in [6.07, 6.45) is 10.9. The standard InChI is InChI=1S/C26H30N.C26H24N.C26H32N.C25H30N.C24H28N/c2*1-19-10-7-8-13-23(19)24-14-9-15-25(20(24)2)26-18-22(16-17-27(26)3)21-11-5-4-6-12-21;1-18-11-8-9-12-22(18)23-13-10-14-24(20(23)3)25-15-21(16-26(4,5)6)19(2)17-27(25)7;1-18-10-7-8-11-21(18)22-12-9-13-23(19(22)2)24-16-20(14-15-26(24)6)17-25(3,4)5;1-16(2)23-14-24(25(6)15-18(23)4)22-13-9-12-21(19(22)5)20-11-8-7-10-17(20)3/h7-10,13-18,21H,4-6,11-12H2,1-3H3;4-18H,1-3H3;8-15,17H,16H2,1-7H3;7-16H,17H2,1-6H3;7-16H,1-6H3/q5*+1/i1D3,21D;1D3;1D3,2D3,16D2;1D3,17D2;3D3,4D3,16D. The van der Waals surface area contributed by atoms with Gasteiger partial charge >= 0.3 is 0 Å². The van der Waals surface area contributed by atoms with E-state index in [0.717, 1.165) is 154 Å². The molecule has 11 aromatic carbocycles. The van der Waals surface area contributed by atoms with E-state index in [1.54, 1.807) is 149 Å². The van der Waals surface area contributed by atoms with E-state index in [0.29, 0.717) is 50.2 Å². The molecule has 132 heavy (non-hydrogen) atoms. The van der Waals surface area contributed by atoms with Crippen molar-refractivity contribution < 1.29 is 59.8 Å². The van der Waals surface area contributed by atoms with E-state index in [-0.39, 0.29) is 27.8 Å². The van der Waals surface area contributed by atoms with Crippen molar-refractivity contribution in [1.29, 1.82) is 0 Å². The summed E-state index contributed by atoms with van der Waals surface area (Å²) in [6, 6.07) is 90.9. The van der Waals surface area contributed by atoms with Gasteiger partial charge in [-0.3, -0.25) is 0 Å². The highest BCUT2D eigenvalue weighted by Crippen LogP contribution is 2.42. The number of aromatic nitrogens is 5. The zero-order chi connectivity index (χ0) is 117. The average molecular weight is 1770 g/mol. The lowest BCUT2D eigenvalue weighted by molar-refractivity contribution is -0.660. The Morgan fingerprint density at radius 2 is 0.614 bits per heavy atom. The summed E-state index contributed by atoms with van der Waals surface area (Å²) in [7, 11) is 9.53. The Kier molecular flexibility index (Phi) is 21.7. The first-order chi connectivity index (χ1) is 73.8. The Balaban J connectivity index is 0.000000164. The summed E-state index contributed by atoms with van der Waals surface area (Å²) in [5.74, 6) is -1.62. The monoisotopic (exact) mass is 1770 g/mol. The normalized spacial score (nSPS) is 16.3. The molecule has 5 nitrogen and oxygen atoms in total. The van der Waals surface area contributed by atoms with Crippen LogP contribution in [0.2, 0.25) is 0 Å². The number of nitrogens with zero attached hydrogens (tertiary/aromatic N) is 5. The lowest BCUT2D eigenvalue weighted by Gasteiger charge is -2.22. The molecule has 0 unspecified atom stereocenters. The van der Waals surface area contributed by atoms with E-state index >= 15 is 0 Å². The lowest BCUT2D eigenvalue weighted by Crippen LogP contribution is -2.32. The Hall–Kier alpha value is -12.8. The van der Waals surface area contributed by atoms with Gasteiger partial charge in [0.05, 0.1) is 0 Å². The van der Waals surface area contributed by atoms with E-state index in [1.807, 2.05) is 231 Å². The SMILES string of the molecule is [2H]C([2H])([2H])c1ccccc1-c1cccc(-c2cc(-c3ccccc3)cc[n+]2C)c1C.[2H]C([2H])([2H])c1ccccc1-c1cccc(-c2cc(C([2H])(C)C)c(C([2H])([2H])[2H])c[n+]2C)c1C.[2H]C([2H])([2H])c1ccccc1-c1cccc(-c2cc(C([2H])([2H])C(C)(C)C)c(C([2H])([2H])[2H])c[n+]2C)c1C.[2H]C([2H])([2H])c1ccccc1-c1cccc(-c2cc(C([2H])([2H])C(C)(C)C)cc[n+]2C)c1C.[2H]C([2H])([2H])c1ccccc1-c1cccc(-c2cc(C3([2H])CCCCC3)cc[n+]2C)c1C. The fraction of sp³-hybridized carbons (Fsp3) is 0.283. The van der Waals surface area contributed by atoms with E-state index in [4.69, 9.17) is 37.0 Å². The number of hydrogen-bond donors (Lipinski definition) is 0.